The van der Waals surface area contributed by atoms with Crippen molar-refractivity contribution >= 4 is 32.6 Å². The lowest BCUT2D eigenvalue weighted by molar-refractivity contribution is -0.118. The normalized spacial score (nSPS) is 11.0. The number of rotatable bonds is 7. The topological polar surface area (TPSA) is 60.2 Å². The first-order chi connectivity index (χ1) is 14.1. The van der Waals surface area contributed by atoms with E-state index in [4.69, 9.17) is 4.74 Å². The minimum Gasteiger partial charge on any atom is -0.497 e. The maximum atomic E-state index is 13.6. The third-order valence-corrected chi connectivity index (χ3v) is 5.54. The number of ether oxygens (including phenoxy) is 1. The summed E-state index contributed by atoms with van der Waals surface area (Å²) in [5.41, 5.74) is 1.56. The zero-order chi connectivity index (χ0) is 20.2. The molecule has 0 radical (unpaired) electrons. The summed E-state index contributed by atoms with van der Waals surface area (Å²) in [5.74, 6) is 0.340. The lowest BCUT2D eigenvalue weighted by Crippen LogP contribution is -2.35. The van der Waals surface area contributed by atoms with Crippen LogP contribution in [0.4, 0.5) is 9.52 Å². The second-order valence-corrected chi connectivity index (χ2v) is 7.46. The Morgan fingerprint density at radius 2 is 2.07 bits per heavy atom. The predicted molar refractivity (Wildman–Crippen MR) is 111 cm³/mol. The molecule has 8 heteroatoms. The largest absolute Gasteiger partial charge is 0.497 e. The van der Waals surface area contributed by atoms with Crippen LogP contribution < -0.4 is 9.64 Å². The number of thiazole rings is 1. The zero-order valence-corrected chi connectivity index (χ0v) is 16.6. The predicted octanol–water partition coefficient (Wildman–Crippen LogP) is 3.92. The van der Waals surface area contributed by atoms with Gasteiger partial charge in [-0.25, -0.2) is 9.37 Å². The van der Waals surface area contributed by atoms with Gasteiger partial charge in [-0.15, -0.1) is 0 Å². The number of benzene rings is 2. The zero-order valence-electron chi connectivity index (χ0n) is 15.8. The Morgan fingerprint density at radius 3 is 2.79 bits per heavy atom. The highest BCUT2D eigenvalue weighted by molar-refractivity contribution is 7.22. The molecule has 0 saturated carbocycles. The molecule has 0 unspecified atom stereocenters. The molecule has 2 aromatic carbocycles. The monoisotopic (exact) mass is 410 g/mol. The van der Waals surface area contributed by atoms with Crippen LogP contribution in [0, 0.1) is 5.82 Å². The van der Waals surface area contributed by atoms with Gasteiger partial charge in [-0.2, -0.15) is 5.10 Å². The summed E-state index contributed by atoms with van der Waals surface area (Å²) in [6, 6.07) is 13.7. The van der Waals surface area contributed by atoms with Gasteiger partial charge in [-0.05, 0) is 42.0 Å². The Morgan fingerprint density at radius 1 is 1.24 bits per heavy atom. The van der Waals surface area contributed by atoms with Crippen LogP contribution in [-0.4, -0.2) is 34.3 Å². The fraction of sp³-hybridized carbons (Fsp3) is 0.190. The highest BCUT2D eigenvalue weighted by Crippen LogP contribution is 2.30. The van der Waals surface area contributed by atoms with Crippen LogP contribution in [0.25, 0.3) is 10.2 Å². The van der Waals surface area contributed by atoms with Crippen LogP contribution in [0.15, 0.2) is 60.9 Å². The summed E-state index contributed by atoms with van der Waals surface area (Å²) in [7, 11) is 1.60. The summed E-state index contributed by atoms with van der Waals surface area (Å²) in [6.07, 6.45) is 3.78. The van der Waals surface area contributed by atoms with E-state index in [1.165, 1.54) is 23.5 Å². The van der Waals surface area contributed by atoms with E-state index in [-0.39, 0.29) is 18.1 Å². The van der Waals surface area contributed by atoms with E-state index in [1.807, 2.05) is 36.5 Å². The molecule has 0 aliphatic carbocycles. The second-order valence-electron chi connectivity index (χ2n) is 6.45. The smallest absolute Gasteiger partial charge is 0.233 e. The number of aromatic nitrogens is 3. The number of hydrogen-bond donors (Lipinski definition) is 0. The molecule has 0 saturated heterocycles. The molecular weight excluding hydrogens is 391 g/mol. The van der Waals surface area contributed by atoms with Crippen LogP contribution >= 0.6 is 11.3 Å². The number of fused-ring (bicyclic) bond motifs is 1. The SMILES string of the molecule is COc1ccc(CC(=O)N(CCn2cccn2)c2nc3ccc(F)cc3s2)cc1. The Labute approximate surface area is 171 Å². The molecular formula is C21H19FN4O2S. The van der Waals surface area contributed by atoms with Gasteiger partial charge in [0, 0.05) is 18.9 Å². The molecule has 2 aromatic heterocycles. The van der Waals surface area contributed by atoms with Crippen molar-refractivity contribution < 1.29 is 13.9 Å². The first-order valence-electron chi connectivity index (χ1n) is 9.09. The van der Waals surface area contributed by atoms with Crippen molar-refractivity contribution in [3.05, 3.63) is 72.3 Å². The van der Waals surface area contributed by atoms with Gasteiger partial charge in [0.05, 0.1) is 30.3 Å². The molecule has 29 heavy (non-hydrogen) atoms. The van der Waals surface area contributed by atoms with Crippen molar-refractivity contribution in [2.75, 3.05) is 18.6 Å². The van der Waals surface area contributed by atoms with Gasteiger partial charge in [-0.1, -0.05) is 23.5 Å². The van der Waals surface area contributed by atoms with E-state index >= 15 is 0 Å². The number of amides is 1. The summed E-state index contributed by atoms with van der Waals surface area (Å²) >= 11 is 1.31. The number of halogens is 1. The number of nitrogens with zero attached hydrogens (tertiary/aromatic N) is 4. The maximum Gasteiger partial charge on any atom is 0.233 e. The van der Waals surface area contributed by atoms with E-state index in [1.54, 1.807) is 29.0 Å². The van der Waals surface area contributed by atoms with Gasteiger partial charge in [0.2, 0.25) is 5.91 Å². The van der Waals surface area contributed by atoms with Gasteiger partial charge in [0.1, 0.15) is 11.6 Å². The lowest BCUT2D eigenvalue weighted by Gasteiger charge is -2.20. The van der Waals surface area contributed by atoms with Gasteiger partial charge in [0.15, 0.2) is 5.13 Å². The Hall–Kier alpha value is -3.26. The molecule has 0 N–H and O–H groups in total. The molecule has 0 atom stereocenters. The summed E-state index contributed by atoms with van der Waals surface area (Å²) in [6.45, 7) is 0.949. The number of carbonyl (C=O) groups is 1. The fourth-order valence-electron chi connectivity index (χ4n) is 2.98. The van der Waals surface area contributed by atoms with Crippen LogP contribution in [0.5, 0.6) is 5.75 Å². The summed E-state index contributed by atoms with van der Waals surface area (Å²) < 4.78 is 21.2. The number of hydrogen-bond acceptors (Lipinski definition) is 5. The van der Waals surface area contributed by atoms with Crippen LogP contribution in [0.3, 0.4) is 0 Å². The third-order valence-electron chi connectivity index (χ3n) is 4.50. The molecule has 0 aliphatic rings. The average Bonchev–Trinajstić information content (AvgIpc) is 3.38. The first kappa shape index (κ1) is 19.1. The standard InChI is InChI=1S/C21H19FN4O2S/c1-28-17-6-3-15(4-7-17)13-20(27)26(12-11-25-10-2-9-23-25)21-24-18-8-5-16(22)14-19(18)29-21/h2-10,14H,11-13H2,1H3. The lowest BCUT2D eigenvalue weighted by atomic mass is 10.1. The quantitative estimate of drug-likeness (QED) is 0.463. The molecule has 0 aliphatic heterocycles. The van der Waals surface area contributed by atoms with Crippen molar-refractivity contribution in [3.63, 3.8) is 0 Å². The highest BCUT2D eigenvalue weighted by atomic mass is 32.1. The van der Waals surface area contributed by atoms with Gasteiger partial charge >= 0.3 is 0 Å². The van der Waals surface area contributed by atoms with Crippen LogP contribution in [0.2, 0.25) is 0 Å². The number of methoxy groups -OCH3 is 1. The Balaban J connectivity index is 1.59. The molecule has 0 fully saturated rings. The summed E-state index contributed by atoms with van der Waals surface area (Å²) in [5, 5.41) is 4.75. The van der Waals surface area contributed by atoms with E-state index in [2.05, 4.69) is 10.1 Å². The molecule has 0 bridgehead atoms. The Kier molecular flexibility index (Phi) is 5.53. The van der Waals surface area contributed by atoms with E-state index in [9.17, 15) is 9.18 Å². The molecule has 1 amide bonds. The van der Waals surface area contributed by atoms with Crippen LogP contribution in [0.1, 0.15) is 5.56 Å². The van der Waals surface area contributed by atoms with Crippen molar-refractivity contribution in [2.45, 2.75) is 13.0 Å². The molecule has 4 aromatic rings. The van der Waals surface area contributed by atoms with Crippen molar-refractivity contribution in [1.29, 1.82) is 0 Å². The van der Waals surface area contributed by atoms with E-state index in [0.29, 0.717) is 28.4 Å². The molecule has 2 heterocycles. The van der Waals surface area contributed by atoms with Crippen molar-refractivity contribution in [3.8, 4) is 5.75 Å². The first-order valence-corrected chi connectivity index (χ1v) is 9.91. The minimum atomic E-state index is -0.319. The molecule has 6 nitrogen and oxygen atoms in total. The third kappa shape index (κ3) is 4.43. The van der Waals surface area contributed by atoms with E-state index < -0.39 is 0 Å². The second kappa shape index (κ2) is 8.40. The van der Waals surface area contributed by atoms with E-state index in [0.717, 1.165) is 11.3 Å². The minimum absolute atomic E-state index is 0.0816. The fourth-order valence-corrected chi connectivity index (χ4v) is 4.01. The van der Waals surface area contributed by atoms with Gasteiger partial charge in [0.25, 0.3) is 0 Å². The van der Waals surface area contributed by atoms with Crippen molar-refractivity contribution in [2.24, 2.45) is 0 Å². The highest BCUT2D eigenvalue weighted by Gasteiger charge is 2.20. The molecule has 0 spiro atoms. The maximum absolute atomic E-state index is 13.6. The van der Waals surface area contributed by atoms with Crippen LogP contribution in [-0.2, 0) is 17.8 Å². The van der Waals surface area contributed by atoms with Gasteiger partial charge < -0.3 is 4.74 Å². The van der Waals surface area contributed by atoms with Crippen molar-refractivity contribution in [1.82, 2.24) is 14.8 Å². The Bertz CT molecular complexity index is 1110. The molecule has 148 valence electrons. The van der Waals surface area contributed by atoms with Gasteiger partial charge in [-0.3, -0.25) is 14.4 Å². The average molecular weight is 410 g/mol. The molecule has 4 rings (SSSR count). The number of anilines is 1. The summed E-state index contributed by atoms with van der Waals surface area (Å²) in [4.78, 5) is 19.3. The number of carbonyl (C=O) groups excluding carboxylic acids is 1.